The van der Waals surface area contributed by atoms with Crippen molar-refractivity contribution in [1.29, 1.82) is 0 Å². The Balaban J connectivity index is 1.88. The average molecular weight is 283 g/mol. The second-order valence-corrected chi connectivity index (χ2v) is 4.95. The van der Waals surface area contributed by atoms with Crippen molar-refractivity contribution < 1.29 is 13.9 Å². The molecule has 1 aromatic carbocycles. The number of methoxy groups -OCH3 is 1. The van der Waals surface area contributed by atoms with E-state index in [9.17, 15) is 4.79 Å². The summed E-state index contributed by atoms with van der Waals surface area (Å²) in [6.45, 7) is 2.74. The van der Waals surface area contributed by atoms with Gasteiger partial charge in [-0.25, -0.2) is 4.79 Å². The molecule has 3 rings (SSSR count). The fourth-order valence-corrected chi connectivity index (χ4v) is 2.45. The second-order valence-electron chi connectivity index (χ2n) is 4.95. The molecule has 0 amide bonds. The average Bonchev–Trinajstić information content (AvgIpc) is 3.14. The highest BCUT2D eigenvalue weighted by Gasteiger charge is 2.12. The molecule has 0 saturated heterocycles. The first-order chi connectivity index (χ1) is 10.2. The third-order valence-corrected chi connectivity index (χ3v) is 3.62. The number of ether oxygens (including phenoxy) is 1. The van der Waals surface area contributed by atoms with Gasteiger partial charge in [0.05, 0.1) is 13.7 Å². The summed E-state index contributed by atoms with van der Waals surface area (Å²) in [6, 6.07) is 12.0. The van der Waals surface area contributed by atoms with Crippen molar-refractivity contribution >= 4 is 16.9 Å². The van der Waals surface area contributed by atoms with Gasteiger partial charge in [-0.05, 0) is 47.7 Å². The lowest BCUT2D eigenvalue weighted by Gasteiger charge is -2.04. The quantitative estimate of drug-likeness (QED) is 0.687. The predicted molar refractivity (Wildman–Crippen MR) is 80.5 cm³/mol. The summed E-state index contributed by atoms with van der Waals surface area (Å²) in [6.07, 6.45) is 3.06. The number of rotatable bonds is 4. The van der Waals surface area contributed by atoms with Crippen LogP contribution in [0.25, 0.3) is 10.9 Å². The highest BCUT2D eigenvalue weighted by molar-refractivity contribution is 5.86. The fourth-order valence-electron chi connectivity index (χ4n) is 2.45. The van der Waals surface area contributed by atoms with Crippen LogP contribution in [0.3, 0.4) is 0 Å². The first kappa shape index (κ1) is 13.5. The number of benzene rings is 1. The molecule has 0 aliphatic carbocycles. The molecule has 4 heteroatoms. The van der Waals surface area contributed by atoms with E-state index in [-0.39, 0.29) is 5.76 Å². The number of fused-ring (bicyclic) bond motifs is 1. The third kappa shape index (κ3) is 2.57. The molecule has 108 valence electrons. The largest absolute Gasteiger partial charge is 0.463 e. The number of hydrogen-bond acceptors (Lipinski definition) is 3. The van der Waals surface area contributed by atoms with E-state index >= 15 is 0 Å². The molecular formula is C17H17NO3. The van der Waals surface area contributed by atoms with Gasteiger partial charge in [-0.3, -0.25) is 0 Å². The lowest BCUT2D eigenvalue weighted by atomic mass is 10.1. The van der Waals surface area contributed by atoms with Crippen molar-refractivity contribution in [1.82, 2.24) is 4.57 Å². The second kappa shape index (κ2) is 5.48. The molecule has 21 heavy (non-hydrogen) atoms. The molecule has 2 heterocycles. The van der Waals surface area contributed by atoms with E-state index in [0.29, 0.717) is 6.54 Å². The number of carbonyl (C=O) groups excluding carboxylic acids is 1. The zero-order valence-electron chi connectivity index (χ0n) is 12.1. The lowest BCUT2D eigenvalue weighted by molar-refractivity contribution is 0.0563. The molecule has 0 aliphatic rings. The van der Waals surface area contributed by atoms with Crippen molar-refractivity contribution in [3.8, 4) is 0 Å². The molecule has 0 spiro atoms. The molecule has 0 atom stereocenters. The molecule has 2 aromatic heterocycles. The van der Waals surface area contributed by atoms with Gasteiger partial charge in [0.15, 0.2) is 0 Å². The Labute approximate surface area is 122 Å². The van der Waals surface area contributed by atoms with Crippen LogP contribution in [-0.4, -0.2) is 17.6 Å². The maximum Gasteiger partial charge on any atom is 0.373 e. The van der Waals surface area contributed by atoms with Crippen LogP contribution in [-0.2, 0) is 17.7 Å². The van der Waals surface area contributed by atoms with Crippen molar-refractivity contribution in [3.63, 3.8) is 0 Å². The number of furan rings is 1. The van der Waals surface area contributed by atoms with E-state index in [1.165, 1.54) is 18.1 Å². The van der Waals surface area contributed by atoms with Gasteiger partial charge in [-0.1, -0.05) is 13.0 Å². The van der Waals surface area contributed by atoms with Crippen molar-refractivity contribution in [2.24, 2.45) is 0 Å². The summed E-state index contributed by atoms with van der Waals surface area (Å²) in [4.78, 5) is 11.4. The summed E-state index contributed by atoms with van der Waals surface area (Å²) in [5, 5.41) is 1.22. The van der Waals surface area contributed by atoms with E-state index in [4.69, 9.17) is 4.42 Å². The minimum Gasteiger partial charge on any atom is -0.463 e. The zero-order chi connectivity index (χ0) is 14.8. The molecule has 0 unspecified atom stereocenters. The SMILES string of the molecule is CCc1ccc2c(ccn2Cc2ccc(C(=O)OC)o2)c1. The Morgan fingerprint density at radius 3 is 2.86 bits per heavy atom. The normalized spacial score (nSPS) is 11.0. The summed E-state index contributed by atoms with van der Waals surface area (Å²) in [7, 11) is 1.34. The van der Waals surface area contributed by atoms with Gasteiger partial charge in [0, 0.05) is 11.7 Å². The van der Waals surface area contributed by atoms with Crippen LogP contribution in [0.1, 0.15) is 28.8 Å². The van der Waals surface area contributed by atoms with E-state index < -0.39 is 5.97 Å². The summed E-state index contributed by atoms with van der Waals surface area (Å²) < 4.78 is 12.3. The maximum atomic E-state index is 11.4. The summed E-state index contributed by atoms with van der Waals surface area (Å²) in [5.41, 5.74) is 2.48. The number of nitrogens with zero attached hydrogens (tertiary/aromatic N) is 1. The minimum absolute atomic E-state index is 0.234. The van der Waals surface area contributed by atoms with Crippen LogP contribution < -0.4 is 0 Å². The fraction of sp³-hybridized carbons (Fsp3) is 0.235. The molecule has 0 aliphatic heterocycles. The van der Waals surface area contributed by atoms with E-state index in [2.05, 4.69) is 40.5 Å². The number of carbonyl (C=O) groups is 1. The topological polar surface area (TPSA) is 44.4 Å². The monoisotopic (exact) mass is 283 g/mol. The van der Waals surface area contributed by atoms with E-state index in [1.54, 1.807) is 12.1 Å². The molecule has 3 aromatic rings. The zero-order valence-corrected chi connectivity index (χ0v) is 12.1. The van der Waals surface area contributed by atoms with Gasteiger partial charge in [-0.15, -0.1) is 0 Å². The van der Waals surface area contributed by atoms with Gasteiger partial charge in [0.1, 0.15) is 5.76 Å². The minimum atomic E-state index is -0.453. The first-order valence-electron chi connectivity index (χ1n) is 6.96. The highest BCUT2D eigenvalue weighted by atomic mass is 16.5. The van der Waals surface area contributed by atoms with Crippen molar-refractivity contribution in [2.45, 2.75) is 19.9 Å². The Morgan fingerprint density at radius 1 is 1.24 bits per heavy atom. The number of aryl methyl sites for hydroxylation is 1. The number of esters is 1. The van der Waals surface area contributed by atoms with Crippen LogP contribution in [0.5, 0.6) is 0 Å². The first-order valence-corrected chi connectivity index (χ1v) is 6.96. The number of hydrogen-bond donors (Lipinski definition) is 0. The van der Waals surface area contributed by atoms with Crippen molar-refractivity contribution in [3.05, 3.63) is 59.7 Å². The molecule has 0 N–H and O–H groups in total. The van der Waals surface area contributed by atoms with Gasteiger partial charge in [-0.2, -0.15) is 0 Å². The molecule has 0 bridgehead atoms. The summed E-state index contributed by atoms with van der Waals surface area (Å²) >= 11 is 0. The van der Waals surface area contributed by atoms with Crippen LogP contribution in [0.2, 0.25) is 0 Å². The van der Waals surface area contributed by atoms with Crippen LogP contribution in [0.15, 0.2) is 47.0 Å². The van der Waals surface area contributed by atoms with Crippen molar-refractivity contribution in [2.75, 3.05) is 7.11 Å². The standard InChI is InChI=1S/C17H17NO3/c1-3-12-4-6-15-13(10-12)8-9-18(15)11-14-5-7-16(21-14)17(19)20-2/h4-10H,3,11H2,1-2H3. The Bertz CT molecular complexity index is 782. The van der Waals surface area contributed by atoms with Crippen LogP contribution >= 0.6 is 0 Å². The maximum absolute atomic E-state index is 11.4. The Hall–Kier alpha value is -2.49. The Kier molecular flexibility index (Phi) is 3.52. The third-order valence-electron chi connectivity index (χ3n) is 3.62. The van der Waals surface area contributed by atoms with Gasteiger partial charge >= 0.3 is 5.97 Å². The van der Waals surface area contributed by atoms with Gasteiger partial charge < -0.3 is 13.7 Å². The lowest BCUT2D eigenvalue weighted by Crippen LogP contribution is -1.99. The molecular weight excluding hydrogens is 266 g/mol. The number of aromatic nitrogens is 1. The Morgan fingerprint density at radius 2 is 2.10 bits per heavy atom. The van der Waals surface area contributed by atoms with Gasteiger partial charge in [0.2, 0.25) is 5.76 Å². The molecule has 0 radical (unpaired) electrons. The molecule has 0 saturated carbocycles. The van der Waals surface area contributed by atoms with Crippen LogP contribution in [0.4, 0.5) is 0 Å². The van der Waals surface area contributed by atoms with E-state index in [0.717, 1.165) is 17.7 Å². The van der Waals surface area contributed by atoms with Gasteiger partial charge in [0.25, 0.3) is 0 Å². The highest BCUT2D eigenvalue weighted by Crippen LogP contribution is 2.20. The predicted octanol–water partition coefficient (Wildman–Crippen LogP) is 3.63. The molecule has 4 nitrogen and oxygen atoms in total. The van der Waals surface area contributed by atoms with E-state index in [1.807, 2.05) is 6.20 Å². The smallest absolute Gasteiger partial charge is 0.373 e. The molecule has 0 fully saturated rings. The van der Waals surface area contributed by atoms with Crippen LogP contribution in [0, 0.1) is 0 Å². The summed E-state index contributed by atoms with van der Waals surface area (Å²) in [5.74, 6) is 0.510.